The molecular formula is C13H15BrFNO2. The number of hydrogen-bond acceptors (Lipinski definition) is 2. The maximum Gasteiger partial charge on any atom is 0.227 e. The van der Waals surface area contributed by atoms with E-state index in [1.807, 2.05) is 0 Å². The maximum atomic E-state index is 13.1. The van der Waals surface area contributed by atoms with Crippen LogP contribution in [0.4, 0.5) is 10.1 Å². The number of amides is 1. The van der Waals surface area contributed by atoms with Crippen LogP contribution in [0.3, 0.4) is 0 Å². The molecule has 1 aliphatic rings. The SMILES string of the molecule is COC1(CC(=O)Nc2cc(F)ccc2Br)CCC1. The largest absolute Gasteiger partial charge is 0.378 e. The van der Waals surface area contributed by atoms with Crippen molar-refractivity contribution in [3.8, 4) is 0 Å². The van der Waals surface area contributed by atoms with Gasteiger partial charge >= 0.3 is 0 Å². The van der Waals surface area contributed by atoms with E-state index in [2.05, 4.69) is 21.2 Å². The van der Waals surface area contributed by atoms with Gasteiger partial charge in [-0.2, -0.15) is 0 Å². The summed E-state index contributed by atoms with van der Waals surface area (Å²) in [5.41, 5.74) is 0.134. The quantitative estimate of drug-likeness (QED) is 0.923. The third-order valence-corrected chi connectivity index (χ3v) is 4.07. The van der Waals surface area contributed by atoms with E-state index in [9.17, 15) is 9.18 Å². The molecule has 18 heavy (non-hydrogen) atoms. The first-order valence-electron chi connectivity index (χ1n) is 5.85. The molecule has 1 N–H and O–H groups in total. The lowest BCUT2D eigenvalue weighted by atomic mass is 9.77. The zero-order valence-corrected chi connectivity index (χ0v) is 11.7. The van der Waals surface area contributed by atoms with Crippen molar-refractivity contribution in [2.75, 3.05) is 12.4 Å². The number of nitrogens with one attached hydrogen (secondary N) is 1. The normalized spacial score (nSPS) is 17.1. The van der Waals surface area contributed by atoms with Gasteiger partial charge in [-0.05, 0) is 53.4 Å². The highest BCUT2D eigenvalue weighted by atomic mass is 79.9. The second-order valence-corrected chi connectivity index (χ2v) is 5.44. The molecule has 0 spiro atoms. The highest BCUT2D eigenvalue weighted by molar-refractivity contribution is 9.10. The fourth-order valence-corrected chi connectivity index (χ4v) is 2.45. The van der Waals surface area contributed by atoms with E-state index in [0.717, 1.165) is 19.3 Å². The standard InChI is InChI=1S/C13H15BrFNO2/c1-18-13(5-2-6-13)8-12(17)16-11-7-9(15)3-4-10(11)14/h3-4,7H,2,5-6,8H2,1H3,(H,16,17). The molecule has 0 aliphatic heterocycles. The van der Waals surface area contributed by atoms with Crippen molar-refractivity contribution in [3.05, 3.63) is 28.5 Å². The van der Waals surface area contributed by atoms with Crippen molar-refractivity contribution >= 4 is 27.5 Å². The molecule has 1 aliphatic carbocycles. The number of benzene rings is 1. The monoisotopic (exact) mass is 315 g/mol. The summed E-state index contributed by atoms with van der Waals surface area (Å²) in [6.07, 6.45) is 3.21. The smallest absolute Gasteiger partial charge is 0.227 e. The van der Waals surface area contributed by atoms with E-state index in [1.54, 1.807) is 13.2 Å². The van der Waals surface area contributed by atoms with Gasteiger partial charge in [0.2, 0.25) is 5.91 Å². The van der Waals surface area contributed by atoms with Gasteiger partial charge in [-0.15, -0.1) is 0 Å². The Bertz CT molecular complexity index is 455. The van der Waals surface area contributed by atoms with Crippen LogP contribution in [0.25, 0.3) is 0 Å². The summed E-state index contributed by atoms with van der Waals surface area (Å²) >= 11 is 3.27. The molecule has 1 aromatic rings. The van der Waals surface area contributed by atoms with Crippen molar-refractivity contribution in [3.63, 3.8) is 0 Å². The summed E-state index contributed by atoms with van der Waals surface area (Å²) in [5.74, 6) is -0.526. The van der Waals surface area contributed by atoms with Crippen LogP contribution < -0.4 is 5.32 Å². The molecule has 0 radical (unpaired) electrons. The number of hydrogen-bond donors (Lipinski definition) is 1. The van der Waals surface area contributed by atoms with Crippen LogP contribution in [0.15, 0.2) is 22.7 Å². The third kappa shape index (κ3) is 2.90. The zero-order valence-electron chi connectivity index (χ0n) is 10.1. The van der Waals surface area contributed by atoms with Gasteiger partial charge in [0.05, 0.1) is 17.7 Å². The fourth-order valence-electron chi connectivity index (χ4n) is 2.10. The second-order valence-electron chi connectivity index (χ2n) is 4.59. The Morgan fingerprint density at radius 2 is 2.28 bits per heavy atom. The molecule has 98 valence electrons. The molecule has 3 nitrogen and oxygen atoms in total. The topological polar surface area (TPSA) is 38.3 Å². The molecule has 1 fully saturated rings. The molecule has 0 heterocycles. The van der Waals surface area contributed by atoms with Crippen LogP contribution in [-0.4, -0.2) is 18.6 Å². The summed E-state index contributed by atoms with van der Waals surface area (Å²) < 4.78 is 19.1. The van der Waals surface area contributed by atoms with E-state index in [1.165, 1.54) is 12.1 Å². The van der Waals surface area contributed by atoms with Crippen molar-refractivity contribution in [2.24, 2.45) is 0 Å². The molecule has 0 bridgehead atoms. The van der Waals surface area contributed by atoms with E-state index in [4.69, 9.17) is 4.74 Å². The Labute approximate surface area is 114 Å². The average Bonchev–Trinajstić information content (AvgIpc) is 2.28. The summed E-state index contributed by atoms with van der Waals surface area (Å²) in [5, 5.41) is 2.70. The summed E-state index contributed by atoms with van der Waals surface area (Å²) in [7, 11) is 1.63. The number of anilines is 1. The lowest BCUT2D eigenvalue weighted by Gasteiger charge is -2.39. The van der Waals surface area contributed by atoms with Gasteiger partial charge in [0, 0.05) is 11.6 Å². The van der Waals surface area contributed by atoms with E-state index in [0.29, 0.717) is 16.6 Å². The number of methoxy groups -OCH3 is 1. The van der Waals surface area contributed by atoms with Crippen molar-refractivity contribution in [1.29, 1.82) is 0 Å². The predicted octanol–water partition coefficient (Wildman–Crippen LogP) is 3.49. The van der Waals surface area contributed by atoms with Gasteiger partial charge in [-0.1, -0.05) is 0 Å². The zero-order chi connectivity index (χ0) is 13.2. The van der Waals surface area contributed by atoms with Crippen molar-refractivity contribution in [2.45, 2.75) is 31.3 Å². The minimum Gasteiger partial charge on any atom is -0.378 e. The first kappa shape index (κ1) is 13.5. The number of halogens is 2. The Morgan fingerprint density at radius 1 is 1.56 bits per heavy atom. The van der Waals surface area contributed by atoms with Crippen LogP contribution in [0.2, 0.25) is 0 Å². The number of ether oxygens (including phenoxy) is 1. The minimum atomic E-state index is -0.376. The molecule has 0 unspecified atom stereocenters. The lowest BCUT2D eigenvalue weighted by molar-refractivity contribution is -0.129. The molecule has 0 aromatic heterocycles. The number of carbonyl (C=O) groups is 1. The third-order valence-electron chi connectivity index (χ3n) is 3.38. The van der Waals surface area contributed by atoms with Crippen LogP contribution in [0, 0.1) is 5.82 Å². The van der Waals surface area contributed by atoms with E-state index in [-0.39, 0.29) is 17.3 Å². The van der Waals surface area contributed by atoms with Gasteiger partial charge in [0.25, 0.3) is 0 Å². The Balaban J connectivity index is 2.00. The average molecular weight is 316 g/mol. The Kier molecular flexibility index (Phi) is 4.02. The molecule has 1 amide bonds. The van der Waals surface area contributed by atoms with Gasteiger partial charge < -0.3 is 10.1 Å². The minimum absolute atomic E-state index is 0.150. The van der Waals surface area contributed by atoms with Crippen molar-refractivity contribution < 1.29 is 13.9 Å². The van der Waals surface area contributed by atoms with Gasteiger partial charge in [-0.25, -0.2) is 4.39 Å². The molecule has 1 saturated carbocycles. The van der Waals surface area contributed by atoms with E-state index >= 15 is 0 Å². The molecule has 5 heteroatoms. The highest BCUT2D eigenvalue weighted by Crippen LogP contribution is 2.38. The Morgan fingerprint density at radius 3 is 2.83 bits per heavy atom. The second kappa shape index (κ2) is 5.36. The van der Waals surface area contributed by atoms with Gasteiger partial charge in [0.15, 0.2) is 0 Å². The highest BCUT2D eigenvalue weighted by Gasteiger charge is 2.39. The van der Waals surface area contributed by atoms with Gasteiger partial charge in [-0.3, -0.25) is 4.79 Å². The number of rotatable bonds is 4. The molecule has 0 saturated heterocycles. The molecule has 1 aromatic carbocycles. The van der Waals surface area contributed by atoms with Crippen molar-refractivity contribution in [1.82, 2.24) is 0 Å². The van der Waals surface area contributed by atoms with Gasteiger partial charge in [0.1, 0.15) is 5.82 Å². The summed E-state index contributed by atoms with van der Waals surface area (Å²) in [6.45, 7) is 0. The lowest BCUT2D eigenvalue weighted by Crippen LogP contribution is -2.42. The van der Waals surface area contributed by atoms with E-state index < -0.39 is 0 Å². The first-order chi connectivity index (χ1) is 8.54. The number of carbonyl (C=O) groups excluding carboxylic acids is 1. The maximum absolute atomic E-state index is 13.1. The molecule has 0 atom stereocenters. The Hall–Kier alpha value is -0.940. The molecular weight excluding hydrogens is 301 g/mol. The first-order valence-corrected chi connectivity index (χ1v) is 6.64. The summed E-state index contributed by atoms with van der Waals surface area (Å²) in [6, 6.07) is 4.20. The summed E-state index contributed by atoms with van der Waals surface area (Å²) in [4.78, 5) is 11.9. The van der Waals surface area contributed by atoms with Crippen LogP contribution in [-0.2, 0) is 9.53 Å². The predicted molar refractivity (Wildman–Crippen MR) is 70.9 cm³/mol. The van der Waals surface area contributed by atoms with Crippen LogP contribution >= 0.6 is 15.9 Å². The van der Waals surface area contributed by atoms with Crippen LogP contribution in [0.1, 0.15) is 25.7 Å². The molecule has 2 rings (SSSR count). The fraction of sp³-hybridized carbons (Fsp3) is 0.462. The van der Waals surface area contributed by atoms with Crippen LogP contribution in [0.5, 0.6) is 0 Å².